The summed E-state index contributed by atoms with van der Waals surface area (Å²) in [5.74, 6) is -4.21. The van der Waals surface area contributed by atoms with Crippen LogP contribution in [-0.2, 0) is 24.0 Å². The second-order valence-electron chi connectivity index (χ2n) is 13.2. The molecule has 0 spiro atoms. The minimum Gasteiger partial charge on any atom is -0.478 e. The minimum atomic E-state index is -1.60. The number of carboxylic acid groups (broad SMARTS) is 1. The Kier molecular flexibility index (Phi) is 7.02. The molecule has 9 heteroatoms. The first kappa shape index (κ1) is 29.5. The van der Waals surface area contributed by atoms with Crippen LogP contribution >= 0.6 is 0 Å². The van der Waals surface area contributed by atoms with E-state index in [4.69, 9.17) is 5.11 Å². The van der Waals surface area contributed by atoms with Crippen molar-refractivity contribution < 1.29 is 44.4 Å². The summed E-state index contributed by atoms with van der Waals surface area (Å²) >= 11 is 0. The van der Waals surface area contributed by atoms with Crippen molar-refractivity contribution in [3.05, 3.63) is 22.8 Å². The van der Waals surface area contributed by atoms with Crippen LogP contribution in [0.2, 0.25) is 0 Å². The number of carboxylic acids is 1. The second kappa shape index (κ2) is 9.28. The molecular weight excluding hydrogens is 504 g/mol. The van der Waals surface area contributed by atoms with Crippen molar-refractivity contribution in [3.63, 3.8) is 0 Å². The lowest BCUT2D eigenvalue weighted by Gasteiger charge is -2.59. The maximum Gasteiger partial charge on any atom is 0.331 e. The fourth-order valence-corrected chi connectivity index (χ4v) is 8.67. The van der Waals surface area contributed by atoms with E-state index in [2.05, 4.69) is 0 Å². The maximum absolute atomic E-state index is 14.1. The molecule has 2 fully saturated rings. The highest BCUT2D eigenvalue weighted by Gasteiger charge is 2.73. The van der Waals surface area contributed by atoms with Gasteiger partial charge in [-0.1, -0.05) is 27.7 Å². The fraction of sp³-hybridized carbons (Fsp3) is 0.700. The molecule has 4 N–H and O–H groups in total. The van der Waals surface area contributed by atoms with Gasteiger partial charge in [0.25, 0.3) is 0 Å². The summed E-state index contributed by atoms with van der Waals surface area (Å²) in [6, 6.07) is 0. The molecule has 39 heavy (non-hydrogen) atoms. The van der Waals surface area contributed by atoms with Gasteiger partial charge in [0.05, 0.1) is 23.5 Å². The molecular formula is C30H40O9. The Bertz CT molecular complexity index is 1230. The number of aliphatic hydroxyl groups excluding tert-OH is 3. The average molecular weight is 545 g/mol. The number of carbonyl (C=O) groups excluding carboxylic acids is 4. The first-order valence-electron chi connectivity index (χ1n) is 13.7. The predicted octanol–water partition coefficient (Wildman–Crippen LogP) is 2.20. The van der Waals surface area contributed by atoms with Crippen LogP contribution in [0.1, 0.15) is 73.6 Å². The summed E-state index contributed by atoms with van der Waals surface area (Å²) < 4.78 is 0. The normalized spacial score (nSPS) is 42.2. The number of carbonyl (C=O) groups is 5. The molecule has 4 aliphatic rings. The Morgan fingerprint density at radius 3 is 2.23 bits per heavy atom. The molecule has 0 amide bonds. The molecule has 9 unspecified atom stereocenters. The van der Waals surface area contributed by atoms with Gasteiger partial charge in [0, 0.05) is 46.8 Å². The Morgan fingerprint density at radius 2 is 1.67 bits per heavy atom. The third-order valence-electron chi connectivity index (χ3n) is 11.3. The number of aliphatic carboxylic acids is 1. The van der Waals surface area contributed by atoms with E-state index in [1.165, 1.54) is 13.0 Å². The van der Waals surface area contributed by atoms with Crippen LogP contribution in [0, 0.1) is 39.4 Å². The van der Waals surface area contributed by atoms with Crippen molar-refractivity contribution in [2.45, 2.75) is 85.9 Å². The van der Waals surface area contributed by atoms with Gasteiger partial charge in [-0.3, -0.25) is 19.2 Å². The van der Waals surface area contributed by atoms with Crippen LogP contribution in [0.15, 0.2) is 22.8 Å². The van der Waals surface area contributed by atoms with E-state index in [-0.39, 0.29) is 60.4 Å². The van der Waals surface area contributed by atoms with Crippen LogP contribution in [-0.4, -0.2) is 68.3 Å². The first-order chi connectivity index (χ1) is 17.9. The van der Waals surface area contributed by atoms with E-state index in [1.807, 2.05) is 6.92 Å². The van der Waals surface area contributed by atoms with Gasteiger partial charge in [0.1, 0.15) is 17.7 Å². The van der Waals surface area contributed by atoms with Crippen LogP contribution in [0.5, 0.6) is 0 Å². The van der Waals surface area contributed by atoms with Gasteiger partial charge in [-0.05, 0) is 50.5 Å². The zero-order valence-corrected chi connectivity index (χ0v) is 23.5. The number of hydrogen-bond donors (Lipinski definition) is 4. The minimum absolute atomic E-state index is 0.0100. The summed E-state index contributed by atoms with van der Waals surface area (Å²) in [6.07, 6.45) is -1.09. The van der Waals surface area contributed by atoms with Gasteiger partial charge in [-0.25, -0.2) is 4.79 Å². The average Bonchev–Trinajstić information content (AvgIpc) is 3.08. The molecule has 0 radical (unpaired) electrons. The molecule has 0 saturated heterocycles. The number of hydrogen-bond acceptors (Lipinski definition) is 8. The lowest BCUT2D eigenvalue weighted by Crippen LogP contribution is -2.64. The molecule has 214 valence electrons. The van der Waals surface area contributed by atoms with E-state index in [9.17, 15) is 39.3 Å². The topological polar surface area (TPSA) is 166 Å². The lowest BCUT2D eigenvalue weighted by molar-refractivity contribution is -0.160. The SMILES string of the molecule is CC(=CC(O)CC(C)C1CC(=O)C2(C)C3=C(C(=O)C(O)C12C)C1(C)CCC(=O)C(C)(CO)C1CC3=O)C(=O)O. The van der Waals surface area contributed by atoms with Crippen molar-refractivity contribution in [3.8, 4) is 0 Å². The highest BCUT2D eigenvalue weighted by atomic mass is 16.4. The summed E-state index contributed by atoms with van der Waals surface area (Å²) in [7, 11) is 0. The molecule has 0 bridgehead atoms. The summed E-state index contributed by atoms with van der Waals surface area (Å²) in [4.78, 5) is 66.0. The molecule has 0 aromatic carbocycles. The highest BCUT2D eigenvalue weighted by molar-refractivity contribution is 6.18. The largest absolute Gasteiger partial charge is 0.478 e. The quantitative estimate of drug-likeness (QED) is 0.367. The zero-order chi connectivity index (χ0) is 29.5. The Labute approximate surface area is 228 Å². The second-order valence-corrected chi connectivity index (χ2v) is 13.2. The number of aliphatic hydroxyl groups is 3. The fourth-order valence-electron chi connectivity index (χ4n) is 8.67. The van der Waals surface area contributed by atoms with E-state index in [1.54, 1.807) is 27.7 Å². The number of rotatable bonds is 6. The Morgan fingerprint density at radius 1 is 1.05 bits per heavy atom. The lowest BCUT2D eigenvalue weighted by atomic mass is 9.42. The van der Waals surface area contributed by atoms with Crippen LogP contribution in [0.3, 0.4) is 0 Å². The van der Waals surface area contributed by atoms with Gasteiger partial charge in [0.15, 0.2) is 11.6 Å². The van der Waals surface area contributed by atoms with Crippen molar-refractivity contribution in [1.29, 1.82) is 0 Å². The summed E-state index contributed by atoms with van der Waals surface area (Å²) in [5.41, 5.74) is -4.75. The molecule has 4 aliphatic carbocycles. The molecule has 2 saturated carbocycles. The smallest absolute Gasteiger partial charge is 0.331 e. The number of ketones is 4. The van der Waals surface area contributed by atoms with Crippen LogP contribution in [0.25, 0.3) is 0 Å². The summed E-state index contributed by atoms with van der Waals surface area (Å²) in [5, 5.41) is 41.6. The third-order valence-corrected chi connectivity index (χ3v) is 11.3. The van der Waals surface area contributed by atoms with Crippen molar-refractivity contribution in [2.75, 3.05) is 6.61 Å². The first-order valence-corrected chi connectivity index (χ1v) is 13.7. The zero-order valence-electron chi connectivity index (χ0n) is 23.5. The van der Waals surface area contributed by atoms with Gasteiger partial charge >= 0.3 is 5.97 Å². The molecule has 0 aromatic rings. The Hall–Kier alpha value is -2.49. The van der Waals surface area contributed by atoms with Gasteiger partial charge < -0.3 is 20.4 Å². The van der Waals surface area contributed by atoms with Gasteiger partial charge in [-0.15, -0.1) is 0 Å². The molecule has 0 aliphatic heterocycles. The van der Waals surface area contributed by atoms with E-state index in [0.29, 0.717) is 0 Å². The molecule has 0 aromatic heterocycles. The van der Waals surface area contributed by atoms with E-state index < -0.39 is 75.8 Å². The standard InChI is InChI=1S/C30H40O9/c1-14(9-16(32)10-15(2)26(38)39)17-11-21(35)30(6)22-18(33)12-19-27(3,8-7-20(34)28(19,4)13-31)23(22)24(36)25(37)29(17,30)5/h10,14,16-17,19,25,31-32,37H,7-9,11-13H2,1-6H3,(H,38,39). The van der Waals surface area contributed by atoms with Crippen molar-refractivity contribution in [2.24, 2.45) is 39.4 Å². The van der Waals surface area contributed by atoms with Crippen LogP contribution in [0.4, 0.5) is 0 Å². The summed E-state index contributed by atoms with van der Waals surface area (Å²) in [6.45, 7) is 9.43. The number of fused-ring (bicyclic) bond motifs is 4. The molecule has 9 nitrogen and oxygen atoms in total. The van der Waals surface area contributed by atoms with Gasteiger partial charge in [-0.2, -0.15) is 0 Å². The van der Waals surface area contributed by atoms with Crippen LogP contribution < -0.4 is 0 Å². The highest BCUT2D eigenvalue weighted by Crippen LogP contribution is 2.69. The maximum atomic E-state index is 14.1. The number of Topliss-reactive ketones (excluding diaryl/α,β-unsaturated/α-hetero) is 4. The molecule has 9 atom stereocenters. The monoisotopic (exact) mass is 544 g/mol. The Balaban J connectivity index is 1.84. The molecule has 0 heterocycles. The third kappa shape index (κ3) is 3.72. The van der Waals surface area contributed by atoms with Crippen molar-refractivity contribution >= 4 is 29.1 Å². The predicted molar refractivity (Wildman–Crippen MR) is 139 cm³/mol. The van der Waals surface area contributed by atoms with Gasteiger partial charge in [0.2, 0.25) is 0 Å². The molecule has 4 rings (SSSR count). The van der Waals surface area contributed by atoms with E-state index >= 15 is 0 Å². The van der Waals surface area contributed by atoms with Crippen molar-refractivity contribution in [1.82, 2.24) is 0 Å². The number of allylic oxidation sites excluding steroid dienone is 1. The van der Waals surface area contributed by atoms with E-state index in [0.717, 1.165) is 0 Å².